The fourth-order valence-electron chi connectivity index (χ4n) is 5.99. The summed E-state index contributed by atoms with van der Waals surface area (Å²) in [4.78, 5) is 47.2. The van der Waals surface area contributed by atoms with E-state index in [-0.39, 0.29) is 65.9 Å². The van der Waals surface area contributed by atoms with Gasteiger partial charge in [0.1, 0.15) is 36.9 Å². The highest BCUT2D eigenvalue weighted by Crippen LogP contribution is 2.21. The molecular formula is C46H92Cl2N4O6. The van der Waals surface area contributed by atoms with Gasteiger partial charge in [-0.05, 0) is 49.9 Å². The minimum absolute atomic E-state index is 0. The average Bonchev–Trinajstić information content (AvgIpc) is 3.87. The summed E-state index contributed by atoms with van der Waals surface area (Å²) in [5.41, 5.74) is 0. The van der Waals surface area contributed by atoms with Crippen LogP contribution in [0.2, 0.25) is 0 Å². The number of unbranched alkanes of at least 4 members (excludes halogenated alkanes) is 4. The van der Waals surface area contributed by atoms with Crippen molar-refractivity contribution >= 4 is 23.4 Å². The molecule has 0 saturated carbocycles. The molecule has 3 unspecified atom stereocenters. The summed E-state index contributed by atoms with van der Waals surface area (Å²) in [5, 5.41) is 16.3. The molecule has 58 heavy (non-hydrogen) atoms. The third-order valence-electron chi connectivity index (χ3n) is 9.42. The Labute approximate surface area is 369 Å². The number of aliphatic hydroxyl groups is 1. The van der Waals surface area contributed by atoms with Gasteiger partial charge in [0.25, 0.3) is 0 Å². The number of amides is 2. The van der Waals surface area contributed by atoms with Crippen molar-refractivity contribution in [2.24, 2.45) is 29.6 Å². The number of allylic oxidation sites excluding steroid dienone is 1. The molecule has 10 nitrogen and oxygen atoms in total. The molecule has 0 bridgehead atoms. The van der Waals surface area contributed by atoms with Gasteiger partial charge >= 0.3 is 0 Å². The molecule has 0 aliphatic carbocycles. The van der Waals surface area contributed by atoms with Crippen molar-refractivity contribution < 1.29 is 62.8 Å². The van der Waals surface area contributed by atoms with Crippen molar-refractivity contribution in [3.63, 3.8) is 0 Å². The van der Waals surface area contributed by atoms with E-state index >= 15 is 0 Å². The van der Waals surface area contributed by atoms with Crippen molar-refractivity contribution in [2.75, 3.05) is 75.1 Å². The Morgan fingerprint density at radius 1 is 0.655 bits per heavy atom. The van der Waals surface area contributed by atoms with Crippen LogP contribution < -0.4 is 35.4 Å². The second-order valence-electron chi connectivity index (χ2n) is 19.7. The summed E-state index contributed by atoms with van der Waals surface area (Å²) < 4.78 is 6.77. The fourth-order valence-corrected chi connectivity index (χ4v) is 5.99. The Morgan fingerprint density at radius 2 is 1.14 bits per heavy atom. The number of Topliss-reactive ketones (excluding diaryl/α,β-unsaturated/α-hetero) is 2. The largest absolute Gasteiger partial charge is 1.00 e. The quantitative estimate of drug-likeness (QED) is 0.0456. The SMILES string of the molecule is CC(C)CCCCCCCNC(=O)C/C=C/CC(=O)C(C)C.CC(C)CCCNC(=O)CCC(CC(=O)C(C)C)CC(O)C[N+](C)(C)C.C[N+](C)(C)CC1CO1.[Cl-].[Cl-]. The van der Waals surface area contributed by atoms with Crippen LogP contribution >= 0.6 is 0 Å². The molecule has 0 spiro atoms. The summed E-state index contributed by atoms with van der Waals surface area (Å²) in [6, 6.07) is 0. The van der Waals surface area contributed by atoms with Gasteiger partial charge in [-0.1, -0.05) is 99.6 Å². The van der Waals surface area contributed by atoms with Crippen molar-refractivity contribution in [1.82, 2.24) is 10.6 Å². The summed E-state index contributed by atoms with van der Waals surface area (Å²) >= 11 is 0. The monoisotopic (exact) mass is 867 g/mol. The van der Waals surface area contributed by atoms with E-state index in [2.05, 4.69) is 59.5 Å². The average molecular weight is 868 g/mol. The number of likely N-dealkylation sites (N-methyl/N-ethyl adjacent to an activating group) is 2. The molecule has 0 radical (unpaired) electrons. The number of quaternary nitrogens is 2. The Hall–Kier alpha value is -1.56. The van der Waals surface area contributed by atoms with E-state index in [1.54, 1.807) is 12.2 Å². The van der Waals surface area contributed by atoms with Gasteiger partial charge in [-0.3, -0.25) is 19.2 Å². The normalized spacial score (nSPS) is 14.8. The third-order valence-corrected chi connectivity index (χ3v) is 9.42. The Bertz CT molecular complexity index is 1080. The molecule has 3 atom stereocenters. The predicted molar refractivity (Wildman–Crippen MR) is 234 cm³/mol. The van der Waals surface area contributed by atoms with Crippen LogP contribution in [0.5, 0.6) is 0 Å². The lowest BCUT2D eigenvalue weighted by Crippen LogP contribution is -3.00. The molecular weight excluding hydrogens is 775 g/mol. The number of halogens is 2. The number of nitrogens with one attached hydrogen (secondary N) is 2. The third kappa shape index (κ3) is 47.1. The molecule has 1 aliphatic heterocycles. The Kier molecular flexibility index (Phi) is 39.3. The summed E-state index contributed by atoms with van der Waals surface area (Å²) in [7, 11) is 12.7. The molecule has 0 aromatic carbocycles. The number of carbonyl (C=O) groups excluding carboxylic acids is 4. The molecule has 346 valence electrons. The van der Waals surface area contributed by atoms with Crippen molar-refractivity contribution in [1.29, 1.82) is 0 Å². The predicted octanol–water partition coefficient (Wildman–Crippen LogP) is 1.77. The van der Waals surface area contributed by atoms with Gasteiger partial charge in [0.15, 0.2) is 0 Å². The molecule has 0 aromatic rings. The minimum atomic E-state index is -0.450. The number of aliphatic hydroxyl groups excluding tert-OH is 1. The van der Waals surface area contributed by atoms with Crippen LogP contribution in [0.25, 0.3) is 0 Å². The maximum absolute atomic E-state index is 12.2. The van der Waals surface area contributed by atoms with Gasteiger partial charge < -0.3 is 54.3 Å². The van der Waals surface area contributed by atoms with Gasteiger partial charge in [0, 0.05) is 50.6 Å². The van der Waals surface area contributed by atoms with Crippen LogP contribution in [0.3, 0.4) is 0 Å². The molecule has 1 aliphatic rings. The maximum atomic E-state index is 12.2. The second kappa shape index (κ2) is 36.1. The van der Waals surface area contributed by atoms with Gasteiger partial charge in [0.05, 0.1) is 48.9 Å². The van der Waals surface area contributed by atoms with Crippen LogP contribution in [0.1, 0.15) is 145 Å². The first-order valence-electron chi connectivity index (χ1n) is 22.1. The highest BCUT2D eigenvalue weighted by atomic mass is 35.5. The van der Waals surface area contributed by atoms with Crippen LogP contribution in [0.4, 0.5) is 0 Å². The number of ketones is 2. The zero-order valence-electron chi connectivity index (χ0n) is 39.8. The zero-order chi connectivity index (χ0) is 43.3. The number of carbonyl (C=O) groups is 4. The number of hydrogen-bond acceptors (Lipinski definition) is 6. The minimum Gasteiger partial charge on any atom is -1.00 e. The van der Waals surface area contributed by atoms with Gasteiger partial charge in [0.2, 0.25) is 11.8 Å². The molecule has 0 aromatic heterocycles. The summed E-state index contributed by atoms with van der Waals surface area (Å²) in [5.74, 6) is 2.12. The Morgan fingerprint density at radius 3 is 1.62 bits per heavy atom. The smallest absolute Gasteiger partial charge is 0.223 e. The summed E-state index contributed by atoms with van der Waals surface area (Å²) in [6.07, 6.45) is 16.2. The number of epoxide rings is 1. The molecule has 3 N–H and O–H groups in total. The number of ether oxygens (including phenoxy) is 1. The highest BCUT2D eigenvalue weighted by molar-refractivity contribution is 5.82. The van der Waals surface area contributed by atoms with E-state index in [1.807, 2.05) is 48.8 Å². The highest BCUT2D eigenvalue weighted by Gasteiger charge is 2.29. The van der Waals surface area contributed by atoms with E-state index < -0.39 is 6.10 Å². The molecule has 1 rings (SSSR count). The molecule has 1 saturated heterocycles. The van der Waals surface area contributed by atoms with Gasteiger partial charge in [-0.25, -0.2) is 0 Å². The first-order valence-corrected chi connectivity index (χ1v) is 22.1. The molecule has 1 fully saturated rings. The van der Waals surface area contributed by atoms with E-state index in [1.165, 1.54) is 32.1 Å². The van der Waals surface area contributed by atoms with Crippen molar-refractivity contribution in [3.05, 3.63) is 12.2 Å². The lowest BCUT2D eigenvalue weighted by Gasteiger charge is -2.28. The number of hydrogen-bond donors (Lipinski definition) is 3. The number of nitrogens with zero attached hydrogens (tertiary/aromatic N) is 2. The molecule has 1 heterocycles. The summed E-state index contributed by atoms with van der Waals surface area (Å²) in [6.45, 7) is 20.8. The van der Waals surface area contributed by atoms with Crippen LogP contribution in [0, 0.1) is 29.6 Å². The van der Waals surface area contributed by atoms with E-state index in [0.717, 1.165) is 55.9 Å². The fraction of sp³-hybridized carbons (Fsp3) is 0.870. The van der Waals surface area contributed by atoms with E-state index in [4.69, 9.17) is 4.74 Å². The molecule has 2 amide bonds. The van der Waals surface area contributed by atoms with Crippen LogP contribution in [-0.2, 0) is 23.9 Å². The maximum Gasteiger partial charge on any atom is 0.223 e. The lowest BCUT2D eigenvalue weighted by molar-refractivity contribution is -0.873. The Balaban J connectivity index is -0.000000412. The van der Waals surface area contributed by atoms with Gasteiger partial charge in [-0.15, -0.1) is 0 Å². The standard InChI is InChI=1S/C21H42N2O3.C19H35NO2.C6H14NO.2ClH/c1-16(2)9-8-12-22-21(26)11-10-18(14-20(25)17(3)4)13-19(24)15-23(5,6)7;1-16(2)12-8-6-5-7-11-15-20-19(22)14-10-9-13-18(21)17(3)4;1-7(2,3)4-6-5-8-6;;/h16-19,24H,8-15H2,1-7H3;9-10,16-17H,5-8,11-15H2,1-4H3,(H,20,22);6H,4-5H2,1-3H3;2*1H/q;;+1;;/p-1/b;10-9+;;;. The topological polar surface area (TPSA) is 125 Å². The second-order valence-corrected chi connectivity index (χ2v) is 19.7. The van der Waals surface area contributed by atoms with E-state index in [0.29, 0.717) is 61.6 Å². The van der Waals surface area contributed by atoms with Gasteiger partial charge in [-0.2, -0.15) is 0 Å². The van der Waals surface area contributed by atoms with Crippen LogP contribution in [-0.4, -0.2) is 125 Å². The zero-order valence-corrected chi connectivity index (χ0v) is 41.3. The number of rotatable bonds is 29. The van der Waals surface area contributed by atoms with Crippen LogP contribution in [0.15, 0.2) is 12.2 Å². The van der Waals surface area contributed by atoms with Crippen molar-refractivity contribution in [3.8, 4) is 0 Å². The van der Waals surface area contributed by atoms with E-state index in [9.17, 15) is 24.3 Å². The van der Waals surface area contributed by atoms with Crippen molar-refractivity contribution in [2.45, 2.75) is 157 Å². The first-order chi connectivity index (χ1) is 25.9. The molecule has 12 heteroatoms. The first kappa shape index (κ1) is 63.1. The lowest BCUT2D eigenvalue weighted by atomic mass is 9.88.